The van der Waals surface area contributed by atoms with E-state index in [1.54, 1.807) is 6.26 Å². The van der Waals surface area contributed by atoms with Crippen LogP contribution >= 0.6 is 0 Å². The standard InChI is InChI=1S/C19H25NO2/c21-19(11-10-15-6-2-1-3-7-15)20-13-12-16-14-22-18-9-5-4-8-17(16)18/h4-5,8-9,14-15H,1-3,6-7,10-13H2,(H,20,21). The van der Waals surface area contributed by atoms with Gasteiger partial charge in [-0.1, -0.05) is 50.3 Å². The van der Waals surface area contributed by atoms with Crippen LogP contribution in [0.15, 0.2) is 34.9 Å². The van der Waals surface area contributed by atoms with E-state index in [0.29, 0.717) is 13.0 Å². The molecule has 3 heteroatoms. The number of nitrogens with one attached hydrogen (secondary N) is 1. The van der Waals surface area contributed by atoms with Crippen LogP contribution < -0.4 is 5.32 Å². The molecule has 1 amide bonds. The van der Waals surface area contributed by atoms with Gasteiger partial charge in [0.2, 0.25) is 5.91 Å². The van der Waals surface area contributed by atoms with E-state index in [4.69, 9.17) is 4.42 Å². The summed E-state index contributed by atoms with van der Waals surface area (Å²) in [5.41, 5.74) is 2.09. The first-order valence-corrected chi connectivity index (χ1v) is 8.55. The van der Waals surface area contributed by atoms with Gasteiger partial charge in [0.05, 0.1) is 6.26 Å². The normalized spacial score (nSPS) is 16.0. The third-order valence-corrected chi connectivity index (χ3v) is 4.78. The van der Waals surface area contributed by atoms with Crippen molar-refractivity contribution in [2.75, 3.05) is 6.54 Å². The molecule has 1 heterocycles. The summed E-state index contributed by atoms with van der Waals surface area (Å²) in [6.07, 6.45) is 11.1. The Morgan fingerprint density at radius 3 is 2.86 bits per heavy atom. The fourth-order valence-electron chi connectivity index (χ4n) is 3.46. The number of para-hydroxylation sites is 1. The lowest BCUT2D eigenvalue weighted by atomic mass is 9.86. The second kappa shape index (κ2) is 7.48. The minimum absolute atomic E-state index is 0.193. The molecule has 0 bridgehead atoms. The first-order valence-electron chi connectivity index (χ1n) is 8.55. The molecule has 1 aliphatic rings. The van der Waals surface area contributed by atoms with Gasteiger partial charge in [0.15, 0.2) is 0 Å². The highest BCUT2D eigenvalue weighted by Gasteiger charge is 2.14. The van der Waals surface area contributed by atoms with Gasteiger partial charge in [-0.15, -0.1) is 0 Å². The predicted octanol–water partition coefficient (Wildman–Crippen LogP) is 4.45. The van der Waals surface area contributed by atoms with E-state index in [9.17, 15) is 4.79 Å². The second-order valence-electron chi connectivity index (χ2n) is 6.40. The molecular weight excluding hydrogens is 274 g/mol. The highest BCUT2D eigenvalue weighted by Crippen LogP contribution is 2.27. The fraction of sp³-hybridized carbons (Fsp3) is 0.526. The lowest BCUT2D eigenvalue weighted by Gasteiger charge is -2.20. The summed E-state index contributed by atoms with van der Waals surface area (Å²) in [4.78, 5) is 11.9. The number of hydrogen-bond donors (Lipinski definition) is 1. The predicted molar refractivity (Wildman–Crippen MR) is 88.7 cm³/mol. The van der Waals surface area contributed by atoms with Crippen LogP contribution in [0.4, 0.5) is 0 Å². The van der Waals surface area contributed by atoms with Crippen molar-refractivity contribution >= 4 is 16.9 Å². The Balaban J connectivity index is 1.40. The smallest absolute Gasteiger partial charge is 0.220 e. The molecule has 0 atom stereocenters. The zero-order valence-electron chi connectivity index (χ0n) is 13.1. The molecule has 3 nitrogen and oxygen atoms in total. The van der Waals surface area contributed by atoms with Crippen LogP contribution in [0.25, 0.3) is 11.0 Å². The number of amides is 1. The summed E-state index contributed by atoms with van der Waals surface area (Å²) in [5.74, 6) is 0.968. The zero-order chi connectivity index (χ0) is 15.2. The lowest BCUT2D eigenvalue weighted by molar-refractivity contribution is -0.121. The van der Waals surface area contributed by atoms with Gasteiger partial charge in [-0.2, -0.15) is 0 Å². The Bertz CT molecular complexity index is 611. The van der Waals surface area contributed by atoms with Gasteiger partial charge in [-0.3, -0.25) is 4.79 Å². The Labute approximate surface area is 132 Å². The number of carbonyl (C=O) groups is 1. The molecule has 118 valence electrons. The largest absolute Gasteiger partial charge is 0.464 e. The number of furan rings is 1. The van der Waals surface area contributed by atoms with Crippen molar-refractivity contribution in [1.82, 2.24) is 5.32 Å². The van der Waals surface area contributed by atoms with Crippen molar-refractivity contribution in [2.24, 2.45) is 5.92 Å². The molecule has 22 heavy (non-hydrogen) atoms. The summed E-state index contributed by atoms with van der Waals surface area (Å²) in [7, 11) is 0. The van der Waals surface area contributed by atoms with E-state index in [2.05, 4.69) is 11.4 Å². The molecule has 3 rings (SSSR count). The van der Waals surface area contributed by atoms with Gasteiger partial charge in [0.25, 0.3) is 0 Å². The van der Waals surface area contributed by atoms with Crippen LogP contribution in [0.3, 0.4) is 0 Å². The molecular formula is C19H25NO2. The highest BCUT2D eigenvalue weighted by atomic mass is 16.3. The Kier molecular flexibility index (Phi) is 5.15. The van der Waals surface area contributed by atoms with Gasteiger partial charge < -0.3 is 9.73 Å². The third kappa shape index (κ3) is 3.90. The van der Waals surface area contributed by atoms with Gasteiger partial charge in [-0.05, 0) is 30.4 Å². The first-order chi connectivity index (χ1) is 10.8. The summed E-state index contributed by atoms with van der Waals surface area (Å²) >= 11 is 0. The van der Waals surface area contributed by atoms with Crippen molar-refractivity contribution in [3.63, 3.8) is 0 Å². The monoisotopic (exact) mass is 299 g/mol. The average Bonchev–Trinajstić information content (AvgIpc) is 2.97. The van der Waals surface area contributed by atoms with E-state index in [-0.39, 0.29) is 5.91 Å². The van der Waals surface area contributed by atoms with Gasteiger partial charge in [0, 0.05) is 18.4 Å². The van der Waals surface area contributed by atoms with Gasteiger partial charge >= 0.3 is 0 Å². The lowest BCUT2D eigenvalue weighted by Crippen LogP contribution is -2.26. The van der Waals surface area contributed by atoms with E-state index in [1.807, 2.05) is 18.2 Å². The van der Waals surface area contributed by atoms with Crippen molar-refractivity contribution < 1.29 is 9.21 Å². The Hall–Kier alpha value is -1.77. The van der Waals surface area contributed by atoms with Crippen molar-refractivity contribution in [1.29, 1.82) is 0 Å². The van der Waals surface area contributed by atoms with Crippen LogP contribution in [0.1, 0.15) is 50.5 Å². The third-order valence-electron chi connectivity index (χ3n) is 4.78. The quantitative estimate of drug-likeness (QED) is 0.856. The summed E-state index contributed by atoms with van der Waals surface area (Å²) in [6, 6.07) is 8.04. The van der Waals surface area contributed by atoms with Crippen LogP contribution in [-0.2, 0) is 11.2 Å². The van der Waals surface area contributed by atoms with Crippen molar-refractivity contribution in [3.05, 3.63) is 36.1 Å². The highest BCUT2D eigenvalue weighted by molar-refractivity contribution is 5.81. The van der Waals surface area contributed by atoms with Crippen LogP contribution in [0.2, 0.25) is 0 Å². The maximum absolute atomic E-state index is 11.9. The molecule has 1 aliphatic carbocycles. The molecule has 0 radical (unpaired) electrons. The number of carbonyl (C=O) groups excluding carboxylic acids is 1. The number of hydrogen-bond acceptors (Lipinski definition) is 2. The van der Waals surface area contributed by atoms with Crippen molar-refractivity contribution in [3.8, 4) is 0 Å². The van der Waals surface area contributed by atoms with E-state index in [0.717, 1.165) is 29.7 Å². The first kappa shape index (κ1) is 15.1. The maximum Gasteiger partial charge on any atom is 0.220 e. The number of fused-ring (bicyclic) bond motifs is 1. The Morgan fingerprint density at radius 2 is 2.00 bits per heavy atom. The molecule has 1 fully saturated rings. The summed E-state index contributed by atoms with van der Waals surface area (Å²) < 4.78 is 5.52. The summed E-state index contributed by atoms with van der Waals surface area (Å²) in [6.45, 7) is 0.688. The fourth-order valence-corrected chi connectivity index (χ4v) is 3.46. The average molecular weight is 299 g/mol. The number of rotatable bonds is 6. The second-order valence-corrected chi connectivity index (χ2v) is 6.40. The molecule has 2 aromatic rings. The molecule has 1 aromatic carbocycles. The maximum atomic E-state index is 11.9. The van der Waals surface area contributed by atoms with Gasteiger partial charge in [-0.25, -0.2) is 0 Å². The Morgan fingerprint density at radius 1 is 1.18 bits per heavy atom. The van der Waals surface area contributed by atoms with Crippen LogP contribution in [0.5, 0.6) is 0 Å². The van der Waals surface area contributed by atoms with Gasteiger partial charge in [0.1, 0.15) is 5.58 Å². The molecule has 1 aromatic heterocycles. The van der Waals surface area contributed by atoms with E-state index >= 15 is 0 Å². The molecule has 0 spiro atoms. The van der Waals surface area contributed by atoms with Crippen LogP contribution in [0, 0.1) is 5.92 Å². The van der Waals surface area contributed by atoms with E-state index in [1.165, 1.54) is 37.7 Å². The zero-order valence-corrected chi connectivity index (χ0v) is 13.1. The molecule has 1 saturated carbocycles. The SMILES string of the molecule is O=C(CCC1CCCCC1)NCCc1coc2ccccc12. The minimum atomic E-state index is 0.193. The minimum Gasteiger partial charge on any atom is -0.464 e. The molecule has 0 saturated heterocycles. The number of benzene rings is 1. The van der Waals surface area contributed by atoms with E-state index < -0.39 is 0 Å². The molecule has 1 N–H and O–H groups in total. The summed E-state index contributed by atoms with van der Waals surface area (Å²) in [5, 5.41) is 4.20. The topological polar surface area (TPSA) is 42.2 Å². The molecule has 0 unspecified atom stereocenters. The van der Waals surface area contributed by atoms with Crippen molar-refractivity contribution in [2.45, 2.75) is 51.4 Å². The molecule has 0 aliphatic heterocycles. The van der Waals surface area contributed by atoms with Crippen LogP contribution in [-0.4, -0.2) is 12.5 Å².